The third kappa shape index (κ3) is 2.42. The highest BCUT2D eigenvalue weighted by molar-refractivity contribution is 9.10. The number of H-pyrrole nitrogens is 1. The van der Waals surface area contributed by atoms with Gasteiger partial charge in [-0.15, -0.1) is 0 Å². The standard InChI is InChI=1S/C16H11BrN2O/c17-14-10-12(15(20)11-4-2-1-3-5-11)6-7-13(14)16-18-8-9-19-16/h1-10H,(H,18,19). The van der Waals surface area contributed by atoms with Crippen molar-refractivity contribution in [2.45, 2.75) is 0 Å². The van der Waals surface area contributed by atoms with Gasteiger partial charge in [0.1, 0.15) is 5.82 Å². The molecule has 1 N–H and O–H groups in total. The van der Waals surface area contributed by atoms with Gasteiger partial charge in [-0.1, -0.05) is 52.3 Å². The fourth-order valence-electron chi connectivity index (χ4n) is 2.02. The Hall–Kier alpha value is -2.20. The van der Waals surface area contributed by atoms with Gasteiger partial charge in [0.25, 0.3) is 0 Å². The summed E-state index contributed by atoms with van der Waals surface area (Å²) >= 11 is 3.50. The molecule has 1 aromatic heterocycles. The van der Waals surface area contributed by atoms with Crippen molar-refractivity contribution in [3.63, 3.8) is 0 Å². The molecule has 0 bridgehead atoms. The van der Waals surface area contributed by atoms with E-state index in [1.807, 2.05) is 48.5 Å². The Bertz CT molecular complexity index is 736. The Morgan fingerprint density at radius 3 is 2.50 bits per heavy atom. The summed E-state index contributed by atoms with van der Waals surface area (Å²) in [6.07, 6.45) is 3.47. The van der Waals surface area contributed by atoms with E-state index < -0.39 is 0 Å². The summed E-state index contributed by atoms with van der Waals surface area (Å²) in [5.41, 5.74) is 2.27. The van der Waals surface area contributed by atoms with Crippen LogP contribution in [0.2, 0.25) is 0 Å². The lowest BCUT2D eigenvalue weighted by Crippen LogP contribution is -2.01. The lowest BCUT2D eigenvalue weighted by atomic mass is 10.0. The zero-order chi connectivity index (χ0) is 13.9. The van der Waals surface area contributed by atoms with Gasteiger partial charge in [0, 0.05) is 33.6 Å². The molecule has 3 rings (SSSR count). The number of aromatic nitrogens is 2. The van der Waals surface area contributed by atoms with Crippen LogP contribution in [0.3, 0.4) is 0 Å². The highest BCUT2D eigenvalue weighted by atomic mass is 79.9. The largest absolute Gasteiger partial charge is 0.345 e. The number of hydrogen-bond donors (Lipinski definition) is 1. The van der Waals surface area contributed by atoms with E-state index in [0.29, 0.717) is 11.1 Å². The van der Waals surface area contributed by atoms with Gasteiger partial charge in [-0.3, -0.25) is 4.79 Å². The molecule has 0 aliphatic rings. The number of halogens is 1. The van der Waals surface area contributed by atoms with Crippen molar-refractivity contribution in [1.29, 1.82) is 0 Å². The maximum Gasteiger partial charge on any atom is 0.193 e. The molecule has 3 aromatic rings. The summed E-state index contributed by atoms with van der Waals surface area (Å²) in [7, 11) is 0. The lowest BCUT2D eigenvalue weighted by Gasteiger charge is -2.05. The van der Waals surface area contributed by atoms with E-state index in [-0.39, 0.29) is 5.78 Å². The van der Waals surface area contributed by atoms with E-state index in [9.17, 15) is 4.79 Å². The van der Waals surface area contributed by atoms with Crippen molar-refractivity contribution in [3.8, 4) is 11.4 Å². The molecule has 1 heterocycles. The van der Waals surface area contributed by atoms with E-state index in [4.69, 9.17) is 0 Å². The third-order valence-electron chi connectivity index (χ3n) is 3.02. The maximum atomic E-state index is 12.4. The Kier molecular flexibility index (Phi) is 3.48. The number of aromatic amines is 1. The monoisotopic (exact) mass is 326 g/mol. The molecular formula is C16H11BrN2O. The normalized spacial score (nSPS) is 10.4. The minimum atomic E-state index is 0.0114. The predicted molar refractivity (Wildman–Crippen MR) is 81.6 cm³/mol. The Labute approximate surface area is 124 Å². The highest BCUT2D eigenvalue weighted by Gasteiger charge is 2.12. The summed E-state index contributed by atoms with van der Waals surface area (Å²) in [6, 6.07) is 14.8. The average molecular weight is 327 g/mol. The van der Waals surface area contributed by atoms with Crippen LogP contribution in [-0.4, -0.2) is 15.8 Å². The van der Waals surface area contributed by atoms with Gasteiger partial charge in [0.2, 0.25) is 0 Å². The molecule has 0 saturated carbocycles. The molecule has 0 spiro atoms. The molecule has 3 nitrogen and oxygen atoms in total. The first-order valence-electron chi connectivity index (χ1n) is 6.15. The molecule has 4 heteroatoms. The van der Waals surface area contributed by atoms with Crippen LogP contribution in [0.1, 0.15) is 15.9 Å². The van der Waals surface area contributed by atoms with Crippen molar-refractivity contribution >= 4 is 21.7 Å². The minimum absolute atomic E-state index is 0.0114. The number of carbonyl (C=O) groups is 1. The zero-order valence-electron chi connectivity index (χ0n) is 10.5. The van der Waals surface area contributed by atoms with Crippen LogP contribution in [0.4, 0.5) is 0 Å². The number of nitrogens with zero attached hydrogens (tertiary/aromatic N) is 1. The second-order valence-electron chi connectivity index (χ2n) is 4.33. The van der Waals surface area contributed by atoms with Crippen molar-refractivity contribution in [1.82, 2.24) is 9.97 Å². The Morgan fingerprint density at radius 1 is 1.05 bits per heavy atom. The van der Waals surface area contributed by atoms with Crippen LogP contribution in [0.15, 0.2) is 65.4 Å². The molecule has 0 saturated heterocycles. The van der Waals surface area contributed by atoms with Gasteiger partial charge in [-0.2, -0.15) is 0 Å². The van der Waals surface area contributed by atoms with Crippen LogP contribution >= 0.6 is 15.9 Å². The van der Waals surface area contributed by atoms with E-state index in [1.165, 1.54) is 0 Å². The minimum Gasteiger partial charge on any atom is -0.345 e. The second kappa shape index (κ2) is 5.43. The molecule has 0 aliphatic carbocycles. The van der Waals surface area contributed by atoms with Crippen molar-refractivity contribution in [3.05, 3.63) is 76.5 Å². The molecule has 98 valence electrons. The number of carbonyl (C=O) groups excluding carboxylic acids is 1. The number of hydrogen-bond acceptors (Lipinski definition) is 2. The molecule has 2 aromatic carbocycles. The lowest BCUT2D eigenvalue weighted by molar-refractivity contribution is 0.103. The first-order valence-corrected chi connectivity index (χ1v) is 6.94. The summed E-state index contributed by atoms with van der Waals surface area (Å²) in [5.74, 6) is 0.785. The topological polar surface area (TPSA) is 45.8 Å². The average Bonchev–Trinajstić information content (AvgIpc) is 3.01. The van der Waals surface area contributed by atoms with Crippen LogP contribution in [0.5, 0.6) is 0 Å². The van der Waals surface area contributed by atoms with Gasteiger partial charge in [-0.05, 0) is 12.1 Å². The summed E-state index contributed by atoms with van der Waals surface area (Å²) < 4.78 is 0.842. The first kappa shape index (κ1) is 12.8. The van der Waals surface area contributed by atoms with Crippen molar-refractivity contribution in [2.75, 3.05) is 0 Å². The third-order valence-corrected chi connectivity index (χ3v) is 3.68. The number of imidazole rings is 1. The molecule has 0 unspecified atom stereocenters. The molecule has 0 fully saturated rings. The zero-order valence-corrected chi connectivity index (χ0v) is 12.1. The number of benzene rings is 2. The van der Waals surface area contributed by atoms with Gasteiger partial charge < -0.3 is 4.98 Å². The van der Waals surface area contributed by atoms with Crippen LogP contribution in [0, 0.1) is 0 Å². The van der Waals surface area contributed by atoms with Gasteiger partial charge >= 0.3 is 0 Å². The molecule has 0 amide bonds. The van der Waals surface area contributed by atoms with Crippen molar-refractivity contribution < 1.29 is 4.79 Å². The molecular weight excluding hydrogens is 316 g/mol. The molecule has 0 aliphatic heterocycles. The summed E-state index contributed by atoms with van der Waals surface area (Å²) in [6.45, 7) is 0. The predicted octanol–water partition coefficient (Wildman–Crippen LogP) is 4.07. The van der Waals surface area contributed by atoms with Crippen LogP contribution in [-0.2, 0) is 0 Å². The SMILES string of the molecule is O=C(c1ccccc1)c1ccc(-c2ncc[nH]2)c(Br)c1. The van der Waals surface area contributed by atoms with E-state index >= 15 is 0 Å². The van der Waals surface area contributed by atoms with Gasteiger partial charge in [-0.25, -0.2) is 4.98 Å². The smallest absolute Gasteiger partial charge is 0.193 e. The van der Waals surface area contributed by atoms with Crippen LogP contribution < -0.4 is 0 Å². The maximum absolute atomic E-state index is 12.4. The fourth-order valence-corrected chi connectivity index (χ4v) is 2.58. The number of ketones is 1. The van der Waals surface area contributed by atoms with Crippen LogP contribution in [0.25, 0.3) is 11.4 Å². The highest BCUT2D eigenvalue weighted by Crippen LogP contribution is 2.27. The Balaban J connectivity index is 1.97. The number of nitrogens with one attached hydrogen (secondary N) is 1. The van der Waals surface area contributed by atoms with E-state index in [2.05, 4.69) is 25.9 Å². The first-order chi connectivity index (χ1) is 9.75. The van der Waals surface area contributed by atoms with Gasteiger partial charge in [0.15, 0.2) is 5.78 Å². The van der Waals surface area contributed by atoms with Crippen molar-refractivity contribution in [2.24, 2.45) is 0 Å². The fraction of sp³-hybridized carbons (Fsp3) is 0. The summed E-state index contributed by atoms with van der Waals surface area (Å²) in [4.78, 5) is 19.6. The summed E-state index contributed by atoms with van der Waals surface area (Å²) in [5, 5.41) is 0. The quantitative estimate of drug-likeness (QED) is 0.737. The Morgan fingerprint density at radius 2 is 1.85 bits per heavy atom. The molecule has 20 heavy (non-hydrogen) atoms. The number of rotatable bonds is 3. The second-order valence-corrected chi connectivity index (χ2v) is 5.18. The van der Waals surface area contributed by atoms with Gasteiger partial charge in [0.05, 0.1) is 0 Å². The van der Waals surface area contributed by atoms with E-state index in [1.54, 1.807) is 12.4 Å². The molecule has 0 atom stereocenters. The van der Waals surface area contributed by atoms with E-state index in [0.717, 1.165) is 15.9 Å². The molecule has 0 radical (unpaired) electrons.